The lowest BCUT2D eigenvalue weighted by molar-refractivity contribution is 0.605. The summed E-state index contributed by atoms with van der Waals surface area (Å²) < 4.78 is 13.1. The van der Waals surface area contributed by atoms with Crippen LogP contribution in [0.5, 0.6) is 0 Å². The molecular weight excluding hydrogens is 287 g/mol. The van der Waals surface area contributed by atoms with Crippen molar-refractivity contribution < 1.29 is 4.39 Å². The number of aromatic amines is 1. The molecule has 0 amide bonds. The highest BCUT2D eigenvalue weighted by Gasteiger charge is 2.18. The van der Waals surface area contributed by atoms with Crippen LogP contribution in [0.4, 0.5) is 4.39 Å². The Bertz CT molecular complexity index is 545. The number of halogens is 2. The van der Waals surface area contributed by atoms with Crippen LogP contribution in [0.25, 0.3) is 10.9 Å². The minimum atomic E-state index is -0.235. The highest BCUT2D eigenvalue weighted by molar-refractivity contribution is 6.31. The predicted octanol–water partition coefficient (Wildman–Crippen LogP) is 5.31. The second kappa shape index (κ2) is 9.06. The lowest BCUT2D eigenvalue weighted by atomic mass is 10.0. The maximum atomic E-state index is 13.1. The molecule has 0 bridgehead atoms. The second-order valence-corrected chi connectivity index (χ2v) is 4.98. The number of rotatable bonds is 2. The van der Waals surface area contributed by atoms with Crippen LogP contribution in [0.15, 0.2) is 18.2 Å². The van der Waals surface area contributed by atoms with Gasteiger partial charge in [-0.3, -0.25) is 0 Å². The van der Waals surface area contributed by atoms with Gasteiger partial charge >= 0.3 is 0 Å². The van der Waals surface area contributed by atoms with Gasteiger partial charge in [0.05, 0.1) is 0 Å². The van der Waals surface area contributed by atoms with E-state index < -0.39 is 0 Å². The van der Waals surface area contributed by atoms with Crippen molar-refractivity contribution in [2.75, 3.05) is 6.54 Å². The molecule has 1 saturated heterocycles. The van der Waals surface area contributed by atoms with E-state index in [1.807, 2.05) is 27.7 Å². The van der Waals surface area contributed by atoms with Crippen molar-refractivity contribution >= 4 is 22.5 Å². The normalized spacial score (nSPS) is 17.0. The summed E-state index contributed by atoms with van der Waals surface area (Å²) in [5.41, 5.74) is 1.88. The SMILES string of the molecule is CC.CC.Fc1ccc2c(CC3CCCN3)c(Cl)[nH]c2c1. The highest BCUT2D eigenvalue weighted by atomic mass is 35.5. The van der Waals surface area contributed by atoms with Crippen molar-refractivity contribution in [2.45, 2.75) is 53.0 Å². The number of nitrogens with one attached hydrogen (secondary N) is 2. The molecule has 1 unspecified atom stereocenters. The van der Waals surface area contributed by atoms with Gasteiger partial charge in [0.2, 0.25) is 0 Å². The topological polar surface area (TPSA) is 27.8 Å². The van der Waals surface area contributed by atoms with Crippen molar-refractivity contribution in [3.63, 3.8) is 0 Å². The smallest absolute Gasteiger partial charge is 0.125 e. The fourth-order valence-corrected chi connectivity index (χ4v) is 2.85. The molecule has 1 fully saturated rings. The van der Waals surface area contributed by atoms with Crippen LogP contribution in [-0.2, 0) is 6.42 Å². The average Bonchev–Trinajstić information content (AvgIpc) is 3.12. The van der Waals surface area contributed by atoms with Crippen molar-refractivity contribution in [1.82, 2.24) is 10.3 Å². The van der Waals surface area contributed by atoms with E-state index in [1.165, 1.54) is 25.0 Å². The fourth-order valence-electron chi connectivity index (χ4n) is 2.57. The van der Waals surface area contributed by atoms with Crippen LogP contribution in [0.1, 0.15) is 46.1 Å². The molecule has 1 aliphatic rings. The third-order valence-electron chi connectivity index (χ3n) is 3.43. The molecule has 1 aromatic carbocycles. The summed E-state index contributed by atoms with van der Waals surface area (Å²) in [6.45, 7) is 9.08. The molecule has 0 aliphatic carbocycles. The van der Waals surface area contributed by atoms with Gasteiger partial charge in [-0.25, -0.2) is 4.39 Å². The van der Waals surface area contributed by atoms with Crippen molar-refractivity contribution in [1.29, 1.82) is 0 Å². The quantitative estimate of drug-likeness (QED) is 0.773. The molecule has 0 radical (unpaired) electrons. The summed E-state index contributed by atoms with van der Waals surface area (Å²) >= 11 is 6.19. The van der Waals surface area contributed by atoms with Gasteiger partial charge in [0.1, 0.15) is 11.0 Å². The van der Waals surface area contributed by atoms with E-state index in [1.54, 1.807) is 6.07 Å². The molecular formula is C17H26ClFN2. The van der Waals surface area contributed by atoms with Gasteiger partial charge in [0.25, 0.3) is 0 Å². The number of aromatic nitrogens is 1. The first-order chi connectivity index (χ1) is 10.2. The minimum Gasteiger partial charge on any atom is -0.345 e. The third kappa shape index (κ3) is 4.45. The lowest BCUT2D eigenvalue weighted by Crippen LogP contribution is -2.23. The molecule has 4 heteroatoms. The zero-order chi connectivity index (χ0) is 15.8. The Morgan fingerprint density at radius 3 is 2.57 bits per heavy atom. The first kappa shape index (κ1) is 18.0. The van der Waals surface area contributed by atoms with E-state index in [0.29, 0.717) is 11.2 Å². The number of H-pyrrole nitrogens is 1. The van der Waals surface area contributed by atoms with Crippen LogP contribution in [0.2, 0.25) is 5.15 Å². The molecule has 21 heavy (non-hydrogen) atoms. The standard InChI is InChI=1S/C13H14ClFN2.2C2H6/c14-13-11(7-9-2-1-5-16-9)10-4-3-8(15)6-12(10)17-13;2*1-2/h3-4,6,9,16-17H,1-2,5,7H2;2*1-2H3. The summed E-state index contributed by atoms with van der Waals surface area (Å²) in [4.78, 5) is 3.04. The average molecular weight is 313 g/mol. The second-order valence-electron chi connectivity index (χ2n) is 4.60. The van der Waals surface area contributed by atoms with E-state index in [-0.39, 0.29) is 5.82 Å². The van der Waals surface area contributed by atoms with E-state index in [4.69, 9.17) is 11.6 Å². The minimum absolute atomic E-state index is 0.235. The van der Waals surface area contributed by atoms with Gasteiger partial charge in [0, 0.05) is 16.9 Å². The molecule has 2 N–H and O–H groups in total. The van der Waals surface area contributed by atoms with Crippen molar-refractivity contribution in [2.24, 2.45) is 0 Å². The van der Waals surface area contributed by atoms with Gasteiger partial charge in [-0.15, -0.1) is 0 Å². The number of fused-ring (bicyclic) bond motifs is 1. The molecule has 0 spiro atoms. The Labute approximate surface area is 132 Å². The Morgan fingerprint density at radius 1 is 1.24 bits per heavy atom. The molecule has 3 rings (SSSR count). The number of benzene rings is 1. The van der Waals surface area contributed by atoms with Crippen LogP contribution < -0.4 is 5.32 Å². The summed E-state index contributed by atoms with van der Waals surface area (Å²) in [6.07, 6.45) is 3.31. The van der Waals surface area contributed by atoms with E-state index >= 15 is 0 Å². The molecule has 118 valence electrons. The van der Waals surface area contributed by atoms with Gasteiger partial charge in [0.15, 0.2) is 0 Å². The third-order valence-corrected chi connectivity index (χ3v) is 3.75. The van der Waals surface area contributed by atoms with Crippen LogP contribution >= 0.6 is 11.6 Å². The molecule has 2 nitrogen and oxygen atoms in total. The molecule has 2 heterocycles. The Morgan fingerprint density at radius 2 is 1.95 bits per heavy atom. The van der Waals surface area contributed by atoms with Crippen LogP contribution in [-0.4, -0.2) is 17.6 Å². The first-order valence-corrected chi connectivity index (χ1v) is 8.31. The van der Waals surface area contributed by atoms with Crippen molar-refractivity contribution in [3.05, 3.63) is 34.7 Å². The van der Waals surface area contributed by atoms with Gasteiger partial charge in [-0.2, -0.15) is 0 Å². The highest BCUT2D eigenvalue weighted by Crippen LogP contribution is 2.29. The zero-order valence-electron chi connectivity index (χ0n) is 13.4. The molecule has 2 aromatic rings. The summed E-state index contributed by atoms with van der Waals surface area (Å²) in [5, 5.41) is 5.12. The van der Waals surface area contributed by atoms with E-state index in [9.17, 15) is 4.39 Å². The van der Waals surface area contributed by atoms with Gasteiger partial charge < -0.3 is 10.3 Å². The largest absolute Gasteiger partial charge is 0.345 e. The molecule has 1 aromatic heterocycles. The van der Waals surface area contributed by atoms with Gasteiger partial charge in [-0.1, -0.05) is 39.3 Å². The summed E-state index contributed by atoms with van der Waals surface area (Å²) in [5.74, 6) is -0.235. The summed E-state index contributed by atoms with van der Waals surface area (Å²) in [7, 11) is 0. The Balaban J connectivity index is 0.000000510. The molecule has 0 saturated carbocycles. The lowest BCUT2D eigenvalue weighted by Gasteiger charge is -2.09. The predicted molar refractivity (Wildman–Crippen MR) is 90.7 cm³/mol. The monoisotopic (exact) mass is 312 g/mol. The summed E-state index contributed by atoms with van der Waals surface area (Å²) in [6, 6.07) is 5.28. The maximum absolute atomic E-state index is 13.1. The molecule has 1 atom stereocenters. The Hall–Kier alpha value is -1.06. The molecule has 1 aliphatic heterocycles. The van der Waals surface area contributed by atoms with E-state index in [2.05, 4.69) is 10.3 Å². The van der Waals surface area contributed by atoms with Gasteiger partial charge in [-0.05, 0) is 49.6 Å². The first-order valence-electron chi connectivity index (χ1n) is 7.93. The fraction of sp³-hybridized carbons (Fsp3) is 0.529. The van der Waals surface area contributed by atoms with E-state index in [0.717, 1.165) is 29.4 Å². The van der Waals surface area contributed by atoms with Crippen LogP contribution in [0, 0.1) is 5.82 Å². The number of hydrogen-bond donors (Lipinski definition) is 2. The maximum Gasteiger partial charge on any atom is 0.125 e. The van der Waals surface area contributed by atoms with Crippen molar-refractivity contribution in [3.8, 4) is 0 Å². The van der Waals surface area contributed by atoms with Crippen LogP contribution in [0.3, 0.4) is 0 Å². The number of hydrogen-bond acceptors (Lipinski definition) is 1. The zero-order valence-corrected chi connectivity index (χ0v) is 14.1. The Kier molecular flexibility index (Phi) is 7.76.